The summed E-state index contributed by atoms with van der Waals surface area (Å²) < 4.78 is 0. The molecule has 0 unspecified atom stereocenters. The molecule has 322 valence electrons. The molecule has 8 aliphatic carbocycles. The molecule has 10 rings (SSSR count). The first-order valence-corrected chi connectivity index (χ1v) is 24.2. The Labute approximate surface area is 369 Å². The zero-order chi connectivity index (χ0) is 43.6. The highest BCUT2D eigenvalue weighted by atomic mass is 14.8. The van der Waals surface area contributed by atoms with E-state index in [4.69, 9.17) is 0 Å². The van der Waals surface area contributed by atoms with E-state index in [0.29, 0.717) is 23.7 Å². The average molecular weight is 815 g/mol. The SMILES string of the molecule is C[C@H]1CC[C@@]2(C)C(=C(C#N)C[C@@H]3[C@]2(C)CC[C@]2(C)C(c4cccnc4)=CC[C@@]32C)C1.C[C@H]1CC[C@]2(C)[C@@]3(C)CC[C@]4(C)C(c5cccnc5)=CC[C@@]4(C)[C@@H]3C=C(C#N)[C@@]2(C)C1. The molecule has 13 atom stereocenters. The quantitative estimate of drug-likeness (QED) is 0.303. The van der Waals surface area contributed by atoms with Crippen LogP contribution in [0.5, 0.6) is 0 Å². The lowest BCUT2D eigenvalue weighted by atomic mass is 9.32. The van der Waals surface area contributed by atoms with Gasteiger partial charge in [-0.2, -0.15) is 10.5 Å². The van der Waals surface area contributed by atoms with Gasteiger partial charge in [-0.3, -0.25) is 9.97 Å². The van der Waals surface area contributed by atoms with Crippen LogP contribution in [0.25, 0.3) is 11.1 Å². The predicted octanol–water partition coefficient (Wildman–Crippen LogP) is 14.9. The van der Waals surface area contributed by atoms with Crippen LogP contribution in [-0.2, 0) is 0 Å². The number of rotatable bonds is 2. The van der Waals surface area contributed by atoms with Crippen molar-refractivity contribution < 1.29 is 0 Å². The van der Waals surface area contributed by atoms with E-state index in [9.17, 15) is 10.5 Å². The van der Waals surface area contributed by atoms with Gasteiger partial charge in [0, 0.05) is 41.3 Å². The van der Waals surface area contributed by atoms with Gasteiger partial charge in [-0.15, -0.1) is 0 Å². The van der Waals surface area contributed by atoms with Crippen molar-refractivity contribution in [3.05, 3.63) is 95.1 Å². The number of hydrogen-bond donors (Lipinski definition) is 0. The molecular weight excluding hydrogens is 741 g/mol. The number of fused-ring (bicyclic) bond motifs is 10. The minimum Gasteiger partial charge on any atom is -0.264 e. The molecule has 4 heteroatoms. The van der Waals surface area contributed by atoms with Crippen molar-refractivity contribution in [1.82, 2.24) is 9.97 Å². The van der Waals surface area contributed by atoms with Gasteiger partial charge < -0.3 is 0 Å². The van der Waals surface area contributed by atoms with Crippen LogP contribution in [0.3, 0.4) is 0 Å². The fourth-order valence-electron chi connectivity index (χ4n) is 17.3. The number of aromatic nitrogens is 2. The topological polar surface area (TPSA) is 73.4 Å². The van der Waals surface area contributed by atoms with Gasteiger partial charge in [0.25, 0.3) is 0 Å². The normalized spacial score (nSPS) is 46.9. The largest absolute Gasteiger partial charge is 0.264 e. The molecule has 2 aromatic rings. The van der Waals surface area contributed by atoms with Crippen LogP contribution in [-0.4, -0.2) is 9.97 Å². The number of nitriles is 2. The first kappa shape index (κ1) is 42.5. The molecular formula is C57H74N4. The standard InChI is InChI=1S/C29H38N2.C28H36N2/c1-20-9-12-29(6)27(4)14-13-25(2)23(21-8-7-15-31-19-21)10-11-26(25,3)24(27)16-22(18-30)28(29,5)17-20;1-19-8-10-25(2)23(15-19)21(17-29)16-24-27(4)11-9-22(20-7-6-14-30-18-20)26(27,3)12-13-28(24,25)5/h7-8,10,15-16,19-20,24H,9,11-14,17H2,1-6H3;6-7,9,14,18-19,24H,8,10-13,15-16H2,1-5H3/t20-,24-,25+,26-,27-,28+,29+;19-,24-,25-,26+,27-,28-/m00/s1. The monoisotopic (exact) mass is 815 g/mol. The summed E-state index contributed by atoms with van der Waals surface area (Å²) in [5.41, 5.74) is 10.7. The van der Waals surface area contributed by atoms with Crippen LogP contribution in [0.4, 0.5) is 0 Å². The number of hydrogen-bond acceptors (Lipinski definition) is 4. The molecule has 4 saturated carbocycles. The zero-order valence-electron chi connectivity index (χ0n) is 39.6. The Morgan fingerprint density at radius 1 is 0.590 bits per heavy atom. The Morgan fingerprint density at radius 3 is 1.74 bits per heavy atom. The lowest BCUT2D eigenvalue weighted by molar-refractivity contribution is -0.180. The highest BCUT2D eigenvalue weighted by Gasteiger charge is 2.72. The van der Waals surface area contributed by atoms with Crippen molar-refractivity contribution in [2.24, 2.45) is 72.4 Å². The van der Waals surface area contributed by atoms with Gasteiger partial charge in [-0.1, -0.05) is 113 Å². The van der Waals surface area contributed by atoms with Crippen molar-refractivity contribution in [2.75, 3.05) is 0 Å². The molecule has 2 heterocycles. The van der Waals surface area contributed by atoms with E-state index in [1.165, 1.54) is 79.2 Å². The van der Waals surface area contributed by atoms with Crippen LogP contribution in [0.2, 0.25) is 0 Å². The number of pyridine rings is 2. The minimum absolute atomic E-state index is 0.00696. The Balaban J connectivity index is 0.000000156. The first-order chi connectivity index (χ1) is 28.8. The fourth-order valence-corrected chi connectivity index (χ4v) is 17.3. The van der Waals surface area contributed by atoms with Gasteiger partial charge in [0.2, 0.25) is 0 Å². The highest BCUT2D eigenvalue weighted by Crippen LogP contribution is 2.79. The lowest BCUT2D eigenvalue weighted by Gasteiger charge is -2.71. The summed E-state index contributed by atoms with van der Waals surface area (Å²) in [6.07, 6.45) is 30.8. The van der Waals surface area contributed by atoms with Gasteiger partial charge in [0.05, 0.1) is 12.1 Å². The molecule has 8 aliphatic rings. The second-order valence-electron chi connectivity index (χ2n) is 24.1. The van der Waals surface area contributed by atoms with E-state index in [2.05, 4.69) is 141 Å². The Kier molecular flexibility index (Phi) is 9.67. The van der Waals surface area contributed by atoms with Gasteiger partial charge in [-0.05, 0) is 184 Å². The zero-order valence-corrected chi connectivity index (χ0v) is 39.6. The van der Waals surface area contributed by atoms with E-state index in [1.807, 2.05) is 24.8 Å². The van der Waals surface area contributed by atoms with Crippen molar-refractivity contribution in [2.45, 2.75) is 160 Å². The molecule has 2 aromatic heterocycles. The Morgan fingerprint density at radius 2 is 1.16 bits per heavy atom. The summed E-state index contributed by atoms with van der Waals surface area (Å²) in [6, 6.07) is 14.0. The molecule has 0 aliphatic heterocycles. The van der Waals surface area contributed by atoms with E-state index >= 15 is 0 Å². The fraction of sp³-hybridized carbons (Fsp3) is 0.649. The molecule has 0 bridgehead atoms. The third-order valence-corrected chi connectivity index (χ3v) is 22.3. The summed E-state index contributed by atoms with van der Waals surface area (Å²) in [6.45, 7) is 27.5. The van der Waals surface area contributed by atoms with Crippen molar-refractivity contribution in [3.8, 4) is 12.1 Å². The summed E-state index contributed by atoms with van der Waals surface area (Å²) >= 11 is 0. The third kappa shape index (κ3) is 5.33. The minimum atomic E-state index is -0.00696. The summed E-state index contributed by atoms with van der Waals surface area (Å²) in [4.78, 5) is 8.85. The van der Waals surface area contributed by atoms with Gasteiger partial charge in [-0.25, -0.2) is 0 Å². The third-order valence-electron chi connectivity index (χ3n) is 22.3. The predicted molar refractivity (Wildman–Crippen MR) is 249 cm³/mol. The maximum Gasteiger partial charge on any atom is 0.0949 e. The van der Waals surface area contributed by atoms with E-state index < -0.39 is 0 Å². The first-order valence-electron chi connectivity index (χ1n) is 24.2. The Bertz CT molecular complexity index is 2320. The molecule has 0 saturated heterocycles. The van der Waals surface area contributed by atoms with Crippen LogP contribution in [0.1, 0.15) is 171 Å². The molecule has 0 amide bonds. The van der Waals surface area contributed by atoms with Crippen LogP contribution in [0, 0.1) is 95.1 Å². The van der Waals surface area contributed by atoms with Crippen LogP contribution >= 0.6 is 0 Å². The van der Waals surface area contributed by atoms with Crippen LogP contribution in [0.15, 0.2) is 84.0 Å². The van der Waals surface area contributed by atoms with Crippen molar-refractivity contribution in [1.29, 1.82) is 10.5 Å². The van der Waals surface area contributed by atoms with E-state index in [-0.39, 0.29) is 48.7 Å². The molecule has 0 aromatic carbocycles. The lowest BCUT2D eigenvalue weighted by Crippen LogP contribution is -2.64. The maximum absolute atomic E-state index is 10.3. The number of nitrogens with zero attached hydrogens (tertiary/aromatic N) is 4. The number of allylic oxidation sites excluding steroid dienone is 8. The molecule has 0 N–H and O–H groups in total. The summed E-state index contributed by atoms with van der Waals surface area (Å²) in [5, 5.41) is 20.5. The molecule has 4 fully saturated rings. The summed E-state index contributed by atoms with van der Waals surface area (Å²) in [5.74, 6) is 2.38. The summed E-state index contributed by atoms with van der Waals surface area (Å²) in [7, 11) is 0. The van der Waals surface area contributed by atoms with E-state index in [1.54, 1.807) is 0 Å². The van der Waals surface area contributed by atoms with Crippen LogP contribution < -0.4 is 0 Å². The second kappa shape index (κ2) is 13.9. The van der Waals surface area contributed by atoms with Gasteiger partial charge in [0.15, 0.2) is 0 Å². The smallest absolute Gasteiger partial charge is 0.0949 e. The highest BCUT2D eigenvalue weighted by molar-refractivity contribution is 5.74. The Hall–Kier alpha value is -3.76. The van der Waals surface area contributed by atoms with Gasteiger partial charge >= 0.3 is 0 Å². The van der Waals surface area contributed by atoms with E-state index in [0.717, 1.165) is 43.3 Å². The molecule has 61 heavy (non-hydrogen) atoms. The average Bonchev–Trinajstić information content (AvgIpc) is 3.69. The maximum atomic E-state index is 10.3. The second-order valence-corrected chi connectivity index (χ2v) is 24.1. The molecule has 0 spiro atoms. The molecule has 4 nitrogen and oxygen atoms in total. The van der Waals surface area contributed by atoms with Crippen molar-refractivity contribution in [3.63, 3.8) is 0 Å². The molecule has 0 radical (unpaired) electrons. The van der Waals surface area contributed by atoms with Crippen molar-refractivity contribution >= 4 is 11.1 Å². The van der Waals surface area contributed by atoms with Gasteiger partial charge in [0.1, 0.15) is 0 Å².